The van der Waals surface area contributed by atoms with Crippen LogP contribution < -0.4 is 5.32 Å². The Balaban J connectivity index is 1.78. The monoisotopic (exact) mass is 289 g/mol. The molecule has 114 valence electrons. The van der Waals surface area contributed by atoms with Crippen molar-refractivity contribution in [2.45, 2.75) is 26.3 Å². The molecule has 1 aromatic carbocycles. The Bertz CT molecular complexity index is 514. The maximum Gasteiger partial charge on any atom is 0.204 e. The molecule has 0 spiro atoms. The summed E-state index contributed by atoms with van der Waals surface area (Å²) in [7, 11) is 0. The molecule has 0 aliphatic rings. The van der Waals surface area contributed by atoms with E-state index in [0.717, 1.165) is 38.3 Å². The molecule has 1 N–H and O–H groups in total. The van der Waals surface area contributed by atoms with Gasteiger partial charge in [0.05, 0.1) is 6.04 Å². The zero-order chi connectivity index (χ0) is 14.9. The lowest BCUT2D eigenvalue weighted by molar-refractivity contribution is 0.144. The van der Waals surface area contributed by atoms with E-state index in [-0.39, 0.29) is 6.04 Å². The molecule has 2 rings (SSSR count). The highest BCUT2D eigenvalue weighted by molar-refractivity contribution is 5.52. The summed E-state index contributed by atoms with van der Waals surface area (Å²) in [6.45, 7) is 7.42. The van der Waals surface area contributed by atoms with Crippen LogP contribution in [-0.2, 0) is 4.74 Å². The van der Waals surface area contributed by atoms with Crippen LogP contribution in [-0.4, -0.2) is 46.5 Å². The zero-order valence-electron chi connectivity index (χ0n) is 12.7. The van der Waals surface area contributed by atoms with Gasteiger partial charge in [-0.1, -0.05) is 30.3 Å². The van der Waals surface area contributed by atoms with E-state index in [1.807, 2.05) is 37.3 Å². The van der Waals surface area contributed by atoms with E-state index >= 15 is 0 Å². The molecule has 0 amide bonds. The SMILES string of the molecule is CCOCCCNCC(C)n1nnc(-c2ccccc2)n1. The molecule has 0 bridgehead atoms. The third-order valence-corrected chi connectivity index (χ3v) is 3.14. The smallest absolute Gasteiger partial charge is 0.204 e. The number of nitrogens with zero attached hydrogens (tertiary/aromatic N) is 4. The molecule has 1 atom stereocenters. The standard InChI is InChI=1S/C15H23N5O/c1-3-21-11-7-10-16-12-13(2)20-18-15(17-19-20)14-8-5-4-6-9-14/h4-6,8-9,13,16H,3,7,10-12H2,1-2H3. The van der Waals surface area contributed by atoms with Crippen LogP contribution in [0.2, 0.25) is 0 Å². The molecule has 0 saturated carbocycles. The van der Waals surface area contributed by atoms with Gasteiger partial charge in [-0.25, -0.2) is 0 Å². The number of tetrazole rings is 1. The summed E-state index contributed by atoms with van der Waals surface area (Å²) in [5, 5.41) is 16.1. The lowest BCUT2D eigenvalue weighted by Crippen LogP contribution is -2.26. The summed E-state index contributed by atoms with van der Waals surface area (Å²) in [5.41, 5.74) is 0.987. The molecule has 2 aromatic rings. The molecule has 1 heterocycles. The van der Waals surface area contributed by atoms with Crippen molar-refractivity contribution in [3.05, 3.63) is 30.3 Å². The topological polar surface area (TPSA) is 64.9 Å². The van der Waals surface area contributed by atoms with Crippen molar-refractivity contribution in [1.29, 1.82) is 0 Å². The predicted molar refractivity (Wildman–Crippen MR) is 81.9 cm³/mol. The van der Waals surface area contributed by atoms with Crippen LogP contribution in [0.1, 0.15) is 26.3 Å². The van der Waals surface area contributed by atoms with Gasteiger partial charge in [-0.2, -0.15) is 4.80 Å². The van der Waals surface area contributed by atoms with Gasteiger partial charge in [-0.15, -0.1) is 10.2 Å². The van der Waals surface area contributed by atoms with Crippen molar-refractivity contribution >= 4 is 0 Å². The molecule has 0 aliphatic heterocycles. The van der Waals surface area contributed by atoms with Crippen LogP contribution in [0, 0.1) is 0 Å². The maximum absolute atomic E-state index is 5.30. The molecule has 6 nitrogen and oxygen atoms in total. The van der Waals surface area contributed by atoms with E-state index in [1.54, 1.807) is 4.80 Å². The summed E-state index contributed by atoms with van der Waals surface area (Å²) in [6.07, 6.45) is 1.01. The van der Waals surface area contributed by atoms with Crippen molar-refractivity contribution in [2.75, 3.05) is 26.3 Å². The van der Waals surface area contributed by atoms with E-state index in [1.165, 1.54) is 0 Å². The first-order chi connectivity index (χ1) is 10.3. The molecular formula is C15H23N5O. The van der Waals surface area contributed by atoms with Crippen molar-refractivity contribution in [2.24, 2.45) is 0 Å². The average molecular weight is 289 g/mol. The third-order valence-electron chi connectivity index (χ3n) is 3.14. The molecule has 21 heavy (non-hydrogen) atoms. The summed E-state index contributed by atoms with van der Waals surface area (Å²) in [4.78, 5) is 1.66. The molecule has 1 unspecified atom stereocenters. The molecular weight excluding hydrogens is 266 g/mol. The first-order valence-corrected chi connectivity index (χ1v) is 7.44. The second kappa shape index (κ2) is 8.49. The fourth-order valence-electron chi connectivity index (χ4n) is 1.95. The fourth-order valence-corrected chi connectivity index (χ4v) is 1.95. The highest BCUT2D eigenvalue weighted by Gasteiger charge is 2.10. The van der Waals surface area contributed by atoms with Gasteiger partial charge in [-0.05, 0) is 32.0 Å². The quantitative estimate of drug-likeness (QED) is 0.714. The van der Waals surface area contributed by atoms with E-state index in [9.17, 15) is 0 Å². The first kappa shape index (κ1) is 15.6. The first-order valence-electron chi connectivity index (χ1n) is 7.44. The van der Waals surface area contributed by atoms with Gasteiger partial charge in [0, 0.05) is 25.3 Å². The number of hydrogen-bond donors (Lipinski definition) is 1. The van der Waals surface area contributed by atoms with Gasteiger partial charge in [0.2, 0.25) is 5.82 Å². The highest BCUT2D eigenvalue weighted by atomic mass is 16.5. The summed E-state index contributed by atoms with van der Waals surface area (Å²) < 4.78 is 5.30. The van der Waals surface area contributed by atoms with Gasteiger partial charge in [0.1, 0.15) is 0 Å². The van der Waals surface area contributed by atoms with Crippen LogP contribution >= 0.6 is 0 Å². The Hall–Kier alpha value is -1.79. The number of benzene rings is 1. The van der Waals surface area contributed by atoms with Crippen molar-refractivity contribution < 1.29 is 4.74 Å². The number of nitrogens with one attached hydrogen (secondary N) is 1. The third kappa shape index (κ3) is 4.91. The Morgan fingerprint density at radius 1 is 1.29 bits per heavy atom. The van der Waals surface area contributed by atoms with Crippen LogP contribution in [0.5, 0.6) is 0 Å². The zero-order valence-corrected chi connectivity index (χ0v) is 12.7. The molecule has 1 aromatic heterocycles. The normalized spacial score (nSPS) is 12.5. The van der Waals surface area contributed by atoms with Gasteiger partial charge < -0.3 is 10.1 Å². The van der Waals surface area contributed by atoms with E-state index in [4.69, 9.17) is 4.74 Å². The van der Waals surface area contributed by atoms with Gasteiger partial charge in [0.25, 0.3) is 0 Å². The minimum absolute atomic E-state index is 0.169. The molecule has 0 radical (unpaired) electrons. The minimum atomic E-state index is 0.169. The number of aromatic nitrogens is 4. The summed E-state index contributed by atoms with van der Waals surface area (Å²) in [5.74, 6) is 0.666. The van der Waals surface area contributed by atoms with E-state index in [0.29, 0.717) is 5.82 Å². The van der Waals surface area contributed by atoms with Crippen LogP contribution in [0.3, 0.4) is 0 Å². The molecule has 0 saturated heterocycles. The Morgan fingerprint density at radius 3 is 2.86 bits per heavy atom. The van der Waals surface area contributed by atoms with Crippen LogP contribution in [0.25, 0.3) is 11.4 Å². The fraction of sp³-hybridized carbons (Fsp3) is 0.533. The molecule has 0 fully saturated rings. The largest absolute Gasteiger partial charge is 0.382 e. The minimum Gasteiger partial charge on any atom is -0.382 e. The van der Waals surface area contributed by atoms with E-state index in [2.05, 4.69) is 27.7 Å². The van der Waals surface area contributed by atoms with Crippen LogP contribution in [0.4, 0.5) is 0 Å². The Kier molecular flexibility index (Phi) is 6.30. The lowest BCUT2D eigenvalue weighted by atomic mass is 10.2. The van der Waals surface area contributed by atoms with E-state index < -0.39 is 0 Å². The average Bonchev–Trinajstić information content (AvgIpc) is 3.01. The highest BCUT2D eigenvalue weighted by Crippen LogP contribution is 2.13. The van der Waals surface area contributed by atoms with Crippen molar-refractivity contribution in [3.8, 4) is 11.4 Å². The Labute approximate surface area is 125 Å². The molecule has 0 aliphatic carbocycles. The van der Waals surface area contributed by atoms with Gasteiger partial charge >= 0.3 is 0 Å². The second-order valence-corrected chi connectivity index (χ2v) is 4.90. The van der Waals surface area contributed by atoms with Crippen LogP contribution in [0.15, 0.2) is 30.3 Å². The van der Waals surface area contributed by atoms with Gasteiger partial charge in [0.15, 0.2) is 0 Å². The van der Waals surface area contributed by atoms with Gasteiger partial charge in [-0.3, -0.25) is 0 Å². The molecule has 6 heteroatoms. The lowest BCUT2D eigenvalue weighted by Gasteiger charge is -2.10. The second-order valence-electron chi connectivity index (χ2n) is 4.90. The number of hydrogen-bond acceptors (Lipinski definition) is 5. The Morgan fingerprint density at radius 2 is 2.10 bits per heavy atom. The summed E-state index contributed by atoms with van der Waals surface area (Å²) in [6, 6.07) is 10.1. The van der Waals surface area contributed by atoms with Crippen molar-refractivity contribution in [1.82, 2.24) is 25.5 Å². The number of ether oxygens (including phenoxy) is 1. The predicted octanol–water partition coefficient (Wildman–Crippen LogP) is 1.92. The maximum atomic E-state index is 5.30. The van der Waals surface area contributed by atoms with Crippen molar-refractivity contribution in [3.63, 3.8) is 0 Å². The summed E-state index contributed by atoms with van der Waals surface area (Å²) >= 11 is 0. The number of rotatable bonds is 9.